The number of hydrogen-bond donors (Lipinski definition) is 2. The molecule has 0 unspecified atom stereocenters. The summed E-state index contributed by atoms with van der Waals surface area (Å²) in [6.45, 7) is 11.5. The maximum atomic E-state index is 13.2. The Morgan fingerprint density at radius 2 is 1.03 bits per heavy atom. The fourth-order valence-corrected chi connectivity index (χ4v) is 15.8. The van der Waals surface area contributed by atoms with Gasteiger partial charge in [0.1, 0.15) is 23.7 Å². The van der Waals surface area contributed by atoms with Gasteiger partial charge in [-0.2, -0.15) is 0 Å². The number of aliphatic hydroxyl groups excluding tert-OH is 2. The van der Waals surface area contributed by atoms with Gasteiger partial charge in [0.25, 0.3) is 0 Å². The summed E-state index contributed by atoms with van der Waals surface area (Å²) >= 11 is 0. The molecular weight excluding hydrogens is 791 g/mol. The second-order valence-electron chi connectivity index (χ2n) is 22.2. The van der Waals surface area contributed by atoms with Crippen LogP contribution in [0.25, 0.3) is 6.08 Å². The second-order valence-corrected chi connectivity index (χ2v) is 22.2. The van der Waals surface area contributed by atoms with Crippen molar-refractivity contribution in [3.05, 3.63) is 101 Å². The van der Waals surface area contributed by atoms with Gasteiger partial charge in [0.2, 0.25) is 0 Å². The van der Waals surface area contributed by atoms with Crippen molar-refractivity contribution in [2.24, 2.45) is 69.0 Å². The molecule has 0 saturated heterocycles. The lowest BCUT2D eigenvalue weighted by Crippen LogP contribution is -2.50. The molecule has 10 rings (SSSR count). The molecule has 0 aromatic heterocycles. The Bertz CT molecular complexity index is 2100. The van der Waals surface area contributed by atoms with Gasteiger partial charge in [0, 0.05) is 17.4 Å². The zero-order valence-electron chi connectivity index (χ0n) is 38.5. The van der Waals surface area contributed by atoms with E-state index in [4.69, 9.17) is 0 Å². The lowest BCUT2D eigenvalue weighted by Gasteiger charge is -2.57. The van der Waals surface area contributed by atoms with E-state index in [0.717, 1.165) is 93.9 Å². The molecule has 0 amide bonds. The quantitative estimate of drug-likeness (QED) is 0.177. The molecule has 8 aliphatic rings. The third-order valence-corrected chi connectivity index (χ3v) is 19.3. The van der Waals surface area contributed by atoms with E-state index in [1.165, 1.54) is 74.1 Å². The highest BCUT2D eigenvalue weighted by Gasteiger charge is 2.61. The zero-order valence-corrected chi connectivity index (χ0v) is 38.5. The molecule has 2 aromatic rings. The monoisotopic (exact) mass is 863 g/mol. The Morgan fingerprint density at radius 1 is 0.587 bits per heavy atom. The highest BCUT2D eigenvalue weighted by atomic mass is 19.1. The molecule has 340 valence electrons. The molecule has 5 nitrogen and oxygen atoms in total. The van der Waals surface area contributed by atoms with Crippen LogP contribution < -0.4 is 0 Å². The number of fused-ring (bicyclic) bond motifs is 10. The fraction of sp³-hybridized carbons (Fsp3) is 0.625. The van der Waals surface area contributed by atoms with Crippen LogP contribution in [0, 0.1) is 80.6 Å². The minimum Gasteiger partial charge on any atom is -0.393 e. The van der Waals surface area contributed by atoms with E-state index in [-0.39, 0.29) is 51.8 Å². The maximum Gasteiger partial charge on any atom is 0.159 e. The Balaban J connectivity index is 0.000000149. The van der Waals surface area contributed by atoms with Gasteiger partial charge in [0.15, 0.2) is 5.78 Å². The number of Topliss-reactive ketones (excluding diaryl/α,β-unsaturated/α-hetero) is 1. The van der Waals surface area contributed by atoms with E-state index in [2.05, 4.69) is 39.8 Å². The van der Waals surface area contributed by atoms with Gasteiger partial charge >= 0.3 is 0 Å². The van der Waals surface area contributed by atoms with Crippen molar-refractivity contribution in [3.63, 3.8) is 0 Å². The molecular formula is C56H72F2O5. The van der Waals surface area contributed by atoms with Gasteiger partial charge in [-0.05, 0) is 215 Å². The Hall–Kier alpha value is -3.55. The summed E-state index contributed by atoms with van der Waals surface area (Å²) in [6.07, 6.45) is 26.5. The van der Waals surface area contributed by atoms with E-state index >= 15 is 0 Å². The normalized spacial score (nSPS) is 41.0. The number of benzene rings is 2. The van der Waals surface area contributed by atoms with Crippen LogP contribution in [0.15, 0.2) is 77.9 Å². The molecule has 6 saturated carbocycles. The number of hydrogen-bond acceptors (Lipinski definition) is 5. The van der Waals surface area contributed by atoms with Crippen molar-refractivity contribution < 1.29 is 33.4 Å². The molecule has 6 fully saturated rings. The zero-order chi connectivity index (χ0) is 44.9. The molecule has 14 atom stereocenters. The van der Waals surface area contributed by atoms with E-state index in [0.29, 0.717) is 46.7 Å². The molecule has 0 bridgehead atoms. The van der Waals surface area contributed by atoms with E-state index in [9.17, 15) is 33.4 Å². The first-order valence-electron chi connectivity index (χ1n) is 24.4. The SMILES string of the molecule is CC(=O)[C@H]1CC[C@H]2[C@@H]3CC=C4C[C@@H](O)CC[C@]4(C)[C@H]3CC[C@]12C.C[C@]12CC[C@H]3[C@@H](CC=C4C[C@@H](O)CC[C@@]43C)[C@@H]1CC[C@@H]2C(=O)/C=C/c1ccc(F)cc1.O=Cc1ccc(F)cc1. The molecule has 2 aromatic carbocycles. The second kappa shape index (κ2) is 18.0. The van der Waals surface area contributed by atoms with Crippen LogP contribution in [-0.2, 0) is 9.59 Å². The van der Waals surface area contributed by atoms with Crippen molar-refractivity contribution in [1.29, 1.82) is 0 Å². The number of aliphatic hydroxyl groups is 2. The topological polar surface area (TPSA) is 91.7 Å². The standard InChI is InChI=1S/C28H35FO2.C21H32O2.C7H5FO/c1-27-15-13-21(30)17-19(27)6-9-22-23-10-11-25(28(23,2)16-14-24(22)27)26(31)12-5-18-3-7-20(29)8-4-18;1-13(22)17-6-7-18-16-5-4-14-12-15(23)8-10-20(14,2)19(16)9-11-21(17,18)3;8-7-3-1-6(5-9)2-4-7/h3-8,12,21-25,30H,9-11,13-17H2,1-2H3;4,15-19,23H,5-12H2,1-3H3;1-5H/b12-5+;;/t21-,22-,23-,24-,25+,27-,28-;15-,16-,17+,18-,19-,20-,21+;/m00./s1. The van der Waals surface area contributed by atoms with Crippen LogP contribution in [-0.4, -0.2) is 40.3 Å². The van der Waals surface area contributed by atoms with Crippen LogP contribution in [0.2, 0.25) is 0 Å². The van der Waals surface area contributed by atoms with Gasteiger partial charge in [-0.1, -0.05) is 69.2 Å². The molecule has 0 heterocycles. The smallest absolute Gasteiger partial charge is 0.159 e. The van der Waals surface area contributed by atoms with E-state index in [1.54, 1.807) is 23.8 Å². The molecule has 7 heteroatoms. The minimum absolute atomic E-state index is 0.0846. The van der Waals surface area contributed by atoms with Crippen LogP contribution in [0.4, 0.5) is 8.78 Å². The number of allylic oxidation sites excluding steroid dienone is 3. The lowest BCUT2D eigenvalue weighted by atomic mass is 9.47. The average molecular weight is 863 g/mol. The van der Waals surface area contributed by atoms with Gasteiger partial charge in [0.05, 0.1) is 12.2 Å². The van der Waals surface area contributed by atoms with Gasteiger partial charge in [-0.3, -0.25) is 14.4 Å². The van der Waals surface area contributed by atoms with Crippen LogP contribution >= 0.6 is 0 Å². The molecule has 2 N–H and O–H groups in total. The molecule has 0 aliphatic heterocycles. The van der Waals surface area contributed by atoms with Crippen LogP contribution in [0.5, 0.6) is 0 Å². The van der Waals surface area contributed by atoms with Crippen molar-refractivity contribution in [2.45, 2.75) is 150 Å². The van der Waals surface area contributed by atoms with Crippen molar-refractivity contribution in [1.82, 2.24) is 0 Å². The van der Waals surface area contributed by atoms with Gasteiger partial charge in [-0.25, -0.2) is 8.78 Å². The highest BCUT2D eigenvalue weighted by Crippen LogP contribution is 2.68. The molecule has 8 aliphatic carbocycles. The Labute approximate surface area is 375 Å². The van der Waals surface area contributed by atoms with E-state index < -0.39 is 0 Å². The first kappa shape index (κ1) is 46.0. The number of carbonyl (C=O) groups is 3. The third-order valence-electron chi connectivity index (χ3n) is 19.3. The summed E-state index contributed by atoms with van der Waals surface area (Å²) in [7, 11) is 0. The lowest BCUT2D eigenvalue weighted by molar-refractivity contribution is -0.127. The third kappa shape index (κ3) is 8.57. The summed E-state index contributed by atoms with van der Waals surface area (Å²) in [5.41, 5.74) is 5.31. The summed E-state index contributed by atoms with van der Waals surface area (Å²) in [4.78, 5) is 35.4. The molecule has 0 spiro atoms. The summed E-state index contributed by atoms with van der Waals surface area (Å²) in [5, 5.41) is 20.3. The number of ketones is 2. The predicted molar refractivity (Wildman–Crippen MR) is 245 cm³/mol. The Morgan fingerprint density at radius 3 is 1.49 bits per heavy atom. The maximum absolute atomic E-state index is 13.2. The fourth-order valence-electron chi connectivity index (χ4n) is 15.8. The highest BCUT2D eigenvalue weighted by molar-refractivity contribution is 5.96. The minimum atomic E-state index is -0.319. The number of aldehydes is 1. The first-order chi connectivity index (χ1) is 30.0. The summed E-state index contributed by atoms with van der Waals surface area (Å²) in [5.74, 6) is 4.75. The van der Waals surface area contributed by atoms with Crippen molar-refractivity contribution in [2.75, 3.05) is 0 Å². The summed E-state index contributed by atoms with van der Waals surface area (Å²) < 4.78 is 25.3. The van der Waals surface area contributed by atoms with Gasteiger partial charge in [-0.15, -0.1) is 0 Å². The first-order valence-corrected chi connectivity index (χ1v) is 24.4. The van der Waals surface area contributed by atoms with Gasteiger partial charge < -0.3 is 10.2 Å². The Kier molecular flexibility index (Phi) is 13.2. The van der Waals surface area contributed by atoms with Crippen LogP contribution in [0.3, 0.4) is 0 Å². The average Bonchev–Trinajstić information content (AvgIpc) is 3.82. The van der Waals surface area contributed by atoms with Crippen molar-refractivity contribution in [3.8, 4) is 0 Å². The summed E-state index contributed by atoms with van der Waals surface area (Å²) in [6, 6.07) is 11.7. The predicted octanol–water partition coefficient (Wildman–Crippen LogP) is 12.5. The molecule has 0 radical (unpaired) electrons. The van der Waals surface area contributed by atoms with E-state index in [1.807, 2.05) is 13.0 Å². The van der Waals surface area contributed by atoms with Crippen LogP contribution in [0.1, 0.15) is 153 Å². The largest absolute Gasteiger partial charge is 0.393 e. The number of carbonyl (C=O) groups excluding carboxylic acids is 3. The van der Waals surface area contributed by atoms with Crippen molar-refractivity contribution >= 4 is 23.9 Å². The molecule has 63 heavy (non-hydrogen) atoms. The number of rotatable bonds is 5. The number of halogens is 2.